The van der Waals surface area contributed by atoms with Crippen LogP contribution in [-0.4, -0.2) is 52.9 Å². The lowest BCUT2D eigenvalue weighted by Crippen LogP contribution is -2.52. The molecule has 184 valence electrons. The Hall–Kier alpha value is -3.44. The van der Waals surface area contributed by atoms with Crippen molar-refractivity contribution in [1.82, 2.24) is 9.88 Å². The predicted molar refractivity (Wildman–Crippen MR) is 133 cm³/mol. The predicted octanol–water partition coefficient (Wildman–Crippen LogP) is 3.31. The van der Waals surface area contributed by atoms with Crippen molar-refractivity contribution in [1.29, 1.82) is 5.26 Å². The summed E-state index contributed by atoms with van der Waals surface area (Å²) >= 11 is 0. The highest BCUT2D eigenvalue weighted by atomic mass is 16.5. The summed E-state index contributed by atoms with van der Waals surface area (Å²) in [4.78, 5) is 6.64. The molecule has 1 aromatic heterocycles. The molecular weight excluding hydrogens is 454 g/mol. The Kier molecular flexibility index (Phi) is 5.49. The average molecular weight is 484 g/mol. The molecule has 6 rings (SSSR count). The number of aromatic nitrogens is 1. The third kappa shape index (κ3) is 3.05. The highest BCUT2D eigenvalue weighted by molar-refractivity contribution is 5.59. The van der Waals surface area contributed by atoms with Gasteiger partial charge in [0, 0.05) is 18.4 Å². The number of aliphatic hydroxyl groups excluding tert-OH is 1. The minimum absolute atomic E-state index is 0.322. The Balaban J connectivity index is 1.63. The number of nitrogens with zero attached hydrogens (tertiary/aromatic N) is 3. The zero-order valence-corrected chi connectivity index (χ0v) is 20.2. The van der Waals surface area contributed by atoms with Crippen molar-refractivity contribution in [2.24, 2.45) is 5.92 Å². The van der Waals surface area contributed by atoms with Gasteiger partial charge in [0.1, 0.15) is 11.5 Å². The number of fused-ring (bicyclic) bond motifs is 3. The first-order valence-corrected chi connectivity index (χ1v) is 12.4. The molecule has 7 nitrogen and oxygen atoms in total. The summed E-state index contributed by atoms with van der Waals surface area (Å²) in [6.45, 7) is 2.57. The molecule has 5 atom stereocenters. The van der Waals surface area contributed by atoms with Crippen LogP contribution in [0.2, 0.25) is 0 Å². The number of ether oxygens (including phenoxy) is 2. The second kappa shape index (κ2) is 8.59. The maximum Gasteiger partial charge on any atom is 0.177 e. The number of likely N-dealkylation sites (tertiary alicyclic amines) is 1. The van der Waals surface area contributed by atoms with E-state index >= 15 is 0 Å². The molecule has 3 aromatic rings. The van der Waals surface area contributed by atoms with Gasteiger partial charge in [-0.1, -0.05) is 42.5 Å². The van der Waals surface area contributed by atoms with Gasteiger partial charge in [-0.25, -0.2) is 0 Å². The van der Waals surface area contributed by atoms with Crippen LogP contribution in [0.4, 0.5) is 0 Å². The average Bonchev–Trinajstić information content (AvgIpc) is 3.58. The standard InChI is InChI=1S/C29H29N3O4/c1-35-23-16-31-17-24-26(23)28(34)27(33)22(18-32-13-5-6-14-32)25(20-7-3-2-4-8-20)29(28,36-24)21-11-9-19(15-30)10-12-21/h2-4,7-12,16-17,22,25,27,33-34H,5-6,13-14,18H2,1H3/t22-,25-,27-,28+,29+/m1/s1. The molecule has 0 unspecified atom stereocenters. The van der Waals surface area contributed by atoms with Crippen LogP contribution >= 0.6 is 0 Å². The first kappa shape index (κ1) is 23.0. The Morgan fingerprint density at radius 2 is 1.83 bits per heavy atom. The van der Waals surface area contributed by atoms with E-state index in [0.717, 1.165) is 31.5 Å². The fourth-order valence-electron chi connectivity index (χ4n) is 6.79. The normalized spacial score (nSPS) is 30.9. The smallest absolute Gasteiger partial charge is 0.177 e. The van der Waals surface area contributed by atoms with E-state index in [2.05, 4.69) is 16.0 Å². The van der Waals surface area contributed by atoms with Crippen LogP contribution in [0.15, 0.2) is 67.0 Å². The van der Waals surface area contributed by atoms with Crippen molar-refractivity contribution < 1.29 is 19.7 Å². The second-order valence-electron chi connectivity index (χ2n) is 10.0. The Bertz CT molecular complexity index is 1300. The molecule has 3 aliphatic rings. The van der Waals surface area contributed by atoms with E-state index in [1.807, 2.05) is 42.5 Å². The van der Waals surface area contributed by atoms with E-state index in [9.17, 15) is 15.5 Å². The zero-order chi connectivity index (χ0) is 24.9. The molecule has 2 aliphatic heterocycles. The topological polar surface area (TPSA) is 98.8 Å². The maximum atomic E-state index is 12.8. The first-order chi connectivity index (χ1) is 17.5. The fraction of sp³-hybridized carbons (Fsp3) is 0.379. The number of methoxy groups -OCH3 is 1. The Morgan fingerprint density at radius 3 is 2.50 bits per heavy atom. The summed E-state index contributed by atoms with van der Waals surface area (Å²) in [7, 11) is 1.53. The van der Waals surface area contributed by atoms with E-state index in [-0.39, 0.29) is 11.8 Å². The van der Waals surface area contributed by atoms with Crippen LogP contribution in [0.3, 0.4) is 0 Å². The van der Waals surface area contributed by atoms with Crippen molar-refractivity contribution in [3.8, 4) is 17.6 Å². The maximum absolute atomic E-state index is 12.8. The molecule has 7 heteroatoms. The van der Waals surface area contributed by atoms with E-state index in [1.54, 1.807) is 24.5 Å². The van der Waals surface area contributed by atoms with Gasteiger partial charge in [-0.3, -0.25) is 4.98 Å². The molecular formula is C29H29N3O4. The number of hydrogen-bond donors (Lipinski definition) is 2. The van der Waals surface area contributed by atoms with E-state index in [4.69, 9.17) is 9.47 Å². The minimum Gasteiger partial charge on any atom is -0.495 e. The SMILES string of the molecule is COc1cncc2c1[C@]1(O)[C@H](O)[C@H](CN3CCCC3)[C@@H](c3ccccc3)[C@]1(c1ccc(C#N)cc1)O2. The molecule has 1 aliphatic carbocycles. The second-order valence-corrected chi connectivity index (χ2v) is 10.0. The molecule has 0 radical (unpaired) electrons. The molecule has 2 aromatic carbocycles. The summed E-state index contributed by atoms with van der Waals surface area (Å²) in [5, 5.41) is 34.3. The summed E-state index contributed by atoms with van der Waals surface area (Å²) in [6, 6.07) is 19.3. The van der Waals surface area contributed by atoms with Crippen molar-refractivity contribution in [2.45, 2.75) is 36.1 Å². The van der Waals surface area contributed by atoms with Gasteiger partial charge in [0.15, 0.2) is 11.2 Å². The molecule has 1 saturated carbocycles. The molecule has 0 amide bonds. The Labute approximate surface area is 210 Å². The van der Waals surface area contributed by atoms with Crippen LogP contribution in [0.5, 0.6) is 11.5 Å². The summed E-state index contributed by atoms with van der Waals surface area (Å²) in [5.74, 6) is 0.0560. The number of aliphatic hydroxyl groups is 2. The van der Waals surface area contributed by atoms with Crippen molar-refractivity contribution in [3.05, 3.63) is 89.2 Å². The number of nitriles is 1. The van der Waals surface area contributed by atoms with Gasteiger partial charge < -0.3 is 24.6 Å². The van der Waals surface area contributed by atoms with Crippen LogP contribution in [-0.2, 0) is 11.2 Å². The van der Waals surface area contributed by atoms with Crippen LogP contribution in [0, 0.1) is 17.2 Å². The lowest BCUT2D eigenvalue weighted by Gasteiger charge is -2.41. The molecule has 2 N–H and O–H groups in total. The van der Waals surface area contributed by atoms with Gasteiger partial charge in [0.05, 0.1) is 42.8 Å². The van der Waals surface area contributed by atoms with Gasteiger partial charge in [0.2, 0.25) is 0 Å². The van der Waals surface area contributed by atoms with Gasteiger partial charge in [-0.2, -0.15) is 5.26 Å². The van der Waals surface area contributed by atoms with Crippen LogP contribution < -0.4 is 9.47 Å². The van der Waals surface area contributed by atoms with E-state index in [0.29, 0.717) is 34.7 Å². The van der Waals surface area contributed by atoms with E-state index < -0.39 is 17.3 Å². The van der Waals surface area contributed by atoms with Crippen molar-refractivity contribution >= 4 is 0 Å². The number of pyridine rings is 1. The molecule has 36 heavy (non-hydrogen) atoms. The zero-order valence-electron chi connectivity index (χ0n) is 20.2. The molecule has 0 spiro atoms. The van der Waals surface area contributed by atoms with Gasteiger partial charge in [-0.05, 0) is 49.2 Å². The highest BCUT2D eigenvalue weighted by Crippen LogP contribution is 2.69. The molecule has 3 heterocycles. The molecule has 2 fully saturated rings. The lowest BCUT2D eigenvalue weighted by atomic mass is 9.70. The van der Waals surface area contributed by atoms with Gasteiger partial charge in [0.25, 0.3) is 0 Å². The molecule has 1 saturated heterocycles. The van der Waals surface area contributed by atoms with Crippen molar-refractivity contribution in [2.75, 3.05) is 26.7 Å². The number of rotatable bonds is 5. The summed E-state index contributed by atoms with van der Waals surface area (Å²) in [6.07, 6.45) is 4.24. The minimum atomic E-state index is -1.81. The van der Waals surface area contributed by atoms with Crippen molar-refractivity contribution in [3.63, 3.8) is 0 Å². The first-order valence-electron chi connectivity index (χ1n) is 12.4. The van der Waals surface area contributed by atoms with Crippen LogP contribution in [0.1, 0.15) is 41.0 Å². The van der Waals surface area contributed by atoms with Gasteiger partial charge >= 0.3 is 0 Å². The summed E-state index contributed by atoms with van der Waals surface area (Å²) in [5.41, 5.74) is -0.570. The third-order valence-corrected chi connectivity index (χ3v) is 8.28. The highest BCUT2D eigenvalue weighted by Gasteiger charge is 2.76. The quantitative estimate of drug-likeness (QED) is 0.575. The fourth-order valence-corrected chi connectivity index (χ4v) is 6.79. The summed E-state index contributed by atoms with van der Waals surface area (Å²) < 4.78 is 12.4. The third-order valence-electron chi connectivity index (χ3n) is 8.28. The molecule has 0 bridgehead atoms. The lowest BCUT2D eigenvalue weighted by molar-refractivity contribution is -0.152. The monoisotopic (exact) mass is 483 g/mol. The number of hydrogen-bond acceptors (Lipinski definition) is 7. The number of benzene rings is 2. The van der Waals surface area contributed by atoms with Gasteiger partial charge in [-0.15, -0.1) is 0 Å². The van der Waals surface area contributed by atoms with Crippen LogP contribution in [0.25, 0.3) is 0 Å². The Morgan fingerprint density at radius 1 is 1.11 bits per heavy atom. The van der Waals surface area contributed by atoms with E-state index in [1.165, 1.54) is 7.11 Å². The largest absolute Gasteiger partial charge is 0.495 e.